The van der Waals surface area contributed by atoms with Gasteiger partial charge in [-0.15, -0.1) is 0 Å². The summed E-state index contributed by atoms with van der Waals surface area (Å²) in [5.74, 6) is 0.791. The average molecular weight is 617 g/mol. The van der Waals surface area contributed by atoms with Gasteiger partial charge in [0.25, 0.3) is 0 Å². The molecule has 9 heteroatoms. The van der Waals surface area contributed by atoms with Gasteiger partial charge in [0.1, 0.15) is 0 Å². The summed E-state index contributed by atoms with van der Waals surface area (Å²) < 4.78 is 2.72. The monoisotopic (exact) mass is 616 g/mol. The lowest BCUT2D eigenvalue weighted by atomic mass is 10.0. The fraction of sp³-hybridized carbons (Fsp3) is 0.923. The van der Waals surface area contributed by atoms with E-state index < -0.39 is 6.10 Å². The predicted octanol–water partition coefficient (Wildman–Crippen LogP) is 3.94. The minimum absolute atomic E-state index is 0.0423. The topological polar surface area (TPSA) is 96.4 Å². The highest BCUT2D eigenvalue weighted by atomic mass is 127. The lowest BCUT2D eigenvalue weighted by Gasteiger charge is -2.30. The molecule has 2 unspecified atom stereocenters. The van der Waals surface area contributed by atoms with Crippen LogP contribution in [0.1, 0.15) is 86.5 Å². The largest absolute Gasteiger partial charge is 0.400 e. The van der Waals surface area contributed by atoms with E-state index in [1.165, 1.54) is 25.9 Å². The van der Waals surface area contributed by atoms with E-state index in [2.05, 4.69) is 36.1 Å². The summed E-state index contributed by atoms with van der Waals surface area (Å²) in [6.07, 6.45) is 7.64. The fourth-order valence-electron chi connectivity index (χ4n) is 3.84. The van der Waals surface area contributed by atoms with Crippen LogP contribution in [-0.4, -0.2) is 103 Å². The van der Waals surface area contributed by atoms with Gasteiger partial charge in [0.2, 0.25) is 12.3 Å². The van der Waals surface area contributed by atoms with Gasteiger partial charge in [0.15, 0.2) is 0 Å². The van der Waals surface area contributed by atoms with Crippen LogP contribution in [0.25, 0.3) is 0 Å². The molecule has 0 radical (unpaired) electrons. The van der Waals surface area contributed by atoms with Gasteiger partial charge in [-0.25, -0.2) is 0 Å². The molecule has 2 fully saturated rings. The number of likely N-dealkylation sites (tertiary alicyclic amines) is 2. The Labute approximate surface area is 230 Å². The van der Waals surface area contributed by atoms with Crippen molar-refractivity contribution in [1.82, 2.24) is 18.2 Å². The second kappa shape index (κ2) is 28.1. The molecule has 2 heterocycles. The van der Waals surface area contributed by atoms with Crippen LogP contribution >= 0.6 is 22.9 Å². The van der Waals surface area contributed by atoms with Gasteiger partial charge in [-0.1, -0.05) is 48.0 Å². The highest BCUT2D eigenvalue weighted by molar-refractivity contribution is 14.1. The third-order valence-electron chi connectivity index (χ3n) is 5.27. The number of rotatable bonds is 10. The first-order valence-corrected chi connectivity index (χ1v) is 14.5. The smallest absolute Gasteiger partial charge is 0.242 e. The molecule has 2 aliphatic heterocycles. The molecule has 3 N–H and O–H groups in total. The van der Waals surface area contributed by atoms with E-state index in [-0.39, 0.29) is 18.5 Å². The van der Waals surface area contributed by atoms with E-state index in [0.29, 0.717) is 19.5 Å². The van der Waals surface area contributed by atoms with Gasteiger partial charge in [-0.2, -0.15) is 0 Å². The van der Waals surface area contributed by atoms with E-state index >= 15 is 0 Å². The van der Waals surface area contributed by atoms with Crippen molar-refractivity contribution in [3.05, 3.63) is 0 Å². The number of hydrogen-bond acceptors (Lipinski definition) is 6. The van der Waals surface area contributed by atoms with E-state index in [4.69, 9.17) is 5.11 Å². The summed E-state index contributed by atoms with van der Waals surface area (Å²) in [5, 5.41) is 16.6. The van der Waals surface area contributed by atoms with E-state index in [9.17, 15) is 14.7 Å². The molecule has 2 saturated heterocycles. The summed E-state index contributed by atoms with van der Waals surface area (Å²) in [7, 11) is 2.86. The van der Waals surface area contributed by atoms with Crippen LogP contribution in [0.2, 0.25) is 0 Å². The third kappa shape index (κ3) is 22.4. The number of aliphatic hydroxyl groups is 2. The molecule has 0 saturated carbocycles. The average Bonchev–Trinajstić information content (AvgIpc) is 3.52. The Kier molecular flexibility index (Phi) is 31.3. The summed E-state index contributed by atoms with van der Waals surface area (Å²) in [5.41, 5.74) is 0. The molecule has 2 amide bonds. The van der Waals surface area contributed by atoms with Crippen LogP contribution in [0.15, 0.2) is 0 Å². The standard InChI is InChI=1S/C18H33N3O3.C4H10.C2H6.CH4IN.CH4O/c1-2-6-16(7-5-11-19-9-3-4-10-19)21(15-22)14-18(24)20-12-8-17(23)13-20;1-4(2)3;1-2;1-3-2;1-2/h15-17,23H,2-14H2,1H3;4H,1-3H3;1-2H3;3H,1H3;2H,1H3. The molecule has 0 spiro atoms. The molecule has 0 bridgehead atoms. The highest BCUT2D eigenvalue weighted by Crippen LogP contribution is 2.16. The normalized spacial score (nSPS) is 17.5. The Morgan fingerprint density at radius 1 is 1.14 bits per heavy atom. The number of halogens is 1. The van der Waals surface area contributed by atoms with Crippen LogP contribution < -0.4 is 3.53 Å². The molecule has 8 nitrogen and oxygen atoms in total. The minimum atomic E-state index is -0.412. The van der Waals surface area contributed by atoms with Crippen molar-refractivity contribution < 1.29 is 19.8 Å². The van der Waals surface area contributed by atoms with Gasteiger partial charge in [-0.3, -0.25) is 13.1 Å². The molecule has 0 aliphatic carbocycles. The van der Waals surface area contributed by atoms with Crippen molar-refractivity contribution in [2.75, 3.05) is 53.4 Å². The molecule has 2 aliphatic rings. The zero-order valence-electron chi connectivity index (χ0n) is 23.9. The van der Waals surface area contributed by atoms with E-state index in [1.54, 1.807) is 9.80 Å². The second-order valence-corrected chi connectivity index (χ2v) is 10.2. The number of β-amino-alcohol motifs (C(OH)–C–C–N with tert-alkyl or cyclic N) is 1. The summed E-state index contributed by atoms with van der Waals surface area (Å²) in [4.78, 5) is 29.8. The first-order chi connectivity index (χ1) is 16.8. The Morgan fingerprint density at radius 2 is 1.66 bits per heavy atom. The lowest BCUT2D eigenvalue weighted by Crippen LogP contribution is -2.44. The zero-order valence-corrected chi connectivity index (χ0v) is 26.1. The van der Waals surface area contributed by atoms with Gasteiger partial charge in [0.05, 0.1) is 12.6 Å². The quantitative estimate of drug-likeness (QED) is 0.196. The Morgan fingerprint density at radius 3 is 2.06 bits per heavy atom. The first-order valence-electron chi connectivity index (χ1n) is 13.4. The number of nitrogens with zero attached hydrogens (tertiary/aromatic N) is 3. The summed E-state index contributed by atoms with van der Waals surface area (Å²) in [6.45, 7) is 17.3. The van der Waals surface area contributed by atoms with Crippen molar-refractivity contribution in [1.29, 1.82) is 0 Å². The second-order valence-electron chi connectivity index (χ2n) is 9.11. The van der Waals surface area contributed by atoms with Crippen LogP contribution in [0.5, 0.6) is 0 Å². The maximum Gasteiger partial charge on any atom is 0.242 e. The molecule has 0 aromatic carbocycles. The third-order valence-corrected chi connectivity index (χ3v) is 5.27. The van der Waals surface area contributed by atoms with E-state index in [1.807, 2.05) is 43.8 Å². The van der Waals surface area contributed by atoms with E-state index in [0.717, 1.165) is 51.7 Å². The molecule has 2 rings (SSSR count). The number of hydrogen-bond donors (Lipinski definition) is 3. The molecular weight excluding hydrogens is 559 g/mol. The van der Waals surface area contributed by atoms with Crippen LogP contribution in [0.4, 0.5) is 0 Å². The highest BCUT2D eigenvalue weighted by Gasteiger charge is 2.27. The Hall–Kier alpha value is -0.490. The van der Waals surface area contributed by atoms with Crippen LogP contribution in [0.3, 0.4) is 0 Å². The number of carbonyl (C=O) groups is 2. The van der Waals surface area contributed by atoms with Crippen molar-refractivity contribution in [2.24, 2.45) is 5.92 Å². The molecule has 2 atom stereocenters. The maximum atomic E-state index is 12.4. The number of nitrogens with one attached hydrogen (secondary N) is 1. The Bertz CT molecular complexity index is 464. The summed E-state index contributed by atoms with van der Waals surface area (Å²) in [6, 6.07) is 0.145. The van der Waals surface area contributed by atoms with Gasteiger partial charge in [0, 0.05) is 49.1 Å². The van der Waals surface area contributed by atoms with Gasteiger partial charge in [-0.05, 0) is 71.1 Å². The fourth-order valence-corrected chi connectivity index (χ4v) is 3.84. The van der Waals surface area contributed by atoms with Crippen molar-refractivity contribution >= 4 is 35.2 Å². The van der Waals surface area contributed by atoms with Crippen LogP contribution in [-0.2, 0) is 9.59 Å². The summed E-state index contributed by atoms with van der Waals surface area (Å²) >= 11 is 2.04. The number of carbonyl (C=O) groups excluding carboxylic acids is 2. The number of aliphatic hydroxyl groups excluding tert-OH is 2. The predicted molar refractivity (Wildman–Crippen MR) is 157 cm³/mol. The SMILES string of the molecule is CC.CC(C)C.CCCC(CCCN1CCCC1)N(C=O)CC(=O)N1CCC(O)C1.CNI.CO. The Balaban J connectivity index is -0.000000798. The molecule has 0 aromatic rings. The minimum Gasteiger partial charge on any atom is -0.400 e. The van der Waals surface area contributed by atoms with Crippen LogP contribution in [0, 0.1) is 5.92 Å². The first kappa shape index (κ1) is 39.0. The molecule has 0 aromatic heterocycles. The molecular formula is C26H57IN4O4. The molecule has 212 valence electrons. The number of amides is 2. The van der Waals surface area contributed by atoms with Crippen molar-refractivity contribution in [2.45, 2.75) is 98.6 Å². The van der Waals surface area contributed by atoms with Crippen molar-refractivity contribution in [3.63, 3.8) is 0 Å². The zero-order chi connectivity index (χ0) is 27.6. The maximum absolute atomic E-state index is 12.4. The lowest BCUT2D eigenvalue weighted by molar-refractivity contribution is -0.136. The molecule has 35 heavy (non-hydrogen) atoms. The van der Waals surface area contributed by atoms with Gasteiger partial charge < -0.3 is 24.9 Å². The van der Waals surface area contributed by atoms with Gasteiger partial charge >= 0.3 is 0 Å². The van der Waals surface area contributed by atoms with Crippen molar-refractivity contribution in [3.8, 4) is 0 Å².